The monoisotopic (exact) mass is 386 g/mol. The van der Waals surface area contributed by atoms with E-state index < -0.39 is 27.6 Å². The number of anilines is 2. The van der Waals surface area contributed by atoms with Crippen LogP contribution in [-0.4, -0.2) is 24.9 Å². The predicted octanol–water partition coefficient (Wildman–Crippen LogP) is 0.954. The van der Waals surface area contributed by atoms with E-state index in [1.807, 2.05) is 0 Å². The van der Waals surface area contributed by atoms with E-state index >= 15 is 0 Å². The molecule has 4 rings (SSSR count). The quantitative estimate of drug-likeness (QED) is 0.194. The number of nitrogens with zero attached hydrogens (tertiary/aromatic N) is 1. The van der Waals surface area contributed by atoms with E-state index in [4.69, 9.17) is 12.2 Å². The fourth-order valence-corrected chi connectivity index (χ4v) is 3.33. The second-order valence-electron chi connectivity index (χ2n) is 5.80. The number of nitrogens with one attached hydrogen (secondary N) is 5. The van der Waals surface area contributed by atoms with Crippen molar-refractivity contribution < 1.29 is 4.92 Å². The number of aromatic nitrogens is 4. The number of nitro benzene ring substituents is 1. The van der Waals surface area contributed by atoms with Gasteiger partial charge < -0.3 is 10.3 Å². The van der Waals surface area contributed by atoms with Crippen LogP contribution in [0, 0.1) is 14.9 Å². The summed E-state index contributed by atoms with van der Waals surface area (Å²) in [4.78, 5) is 56.9. The molecule has 5 N–H and O–H groups in total. The summed E-state index contributed by atoms with van der Waals surface area (Å²) in [6.07, 6.45) is 0. The first-order valence-electron chi connectivity index (χ1n) is 7.59. The van der Waals surface area contributed by atoms with Crippen molar-refractivity contribution in [2.24, 2.45) is 0 Å². The zero-order chi connectivity index (χ0) is 19.3. The van der Waals surface area contributed by atoms with Gasteiger partial charge in [0.15, 0.2) is 4.77 Å². The molecule has 0 spiro atoms. The van der Waals surface area contributed by atoms with Gasteiger partial charge in [0, 0.05) is 12.1 Å². The third-order valence-electron chi connectivity index (χ3n) is 4.22. The average Bonchev–Trinajstić information content (AvgIpc) is 2.59. The van der Waals surface area contributed by atoms with Crippen LogP contribution >= 0.6 is 12.2 Å². The Labute approximate surface area is 153 Å². The number of rotatable bonds is 2. The van der Waals surface area contributed by atoms with Crippen molar-refractivity contribution >= 4 is 29.5 Å². The molecule has 27 heavy (non-hydrogen) atoms. The van der Waals surface area contributed by atoms with E-state index in [1.165, 1.54) is 24.3 Å². The zero-order valence-corrected chi connectivity index (χ0v) is 14.1. The van der Waals surface area contributed by atoms with Crippen LogP contribution in [0.2, 0.25) is 0 Å². The molecule has 136 valence electrons. The van der Waals surface area contributed by atoms with Crippen LogP contribution in [0.25, 0.3) is 0 Å². The summed E-state index contributed by atoms with van der Waals surface area (Å²) >= 11 is 4.97. The van der Waals surface area contributed by atoms with Gasteiger partial charge in [0.05, 0.1) is 22.0 Å². The number of fused-ring (bicyclic) bond motifs is 2. The first-order chi connectivity index (χ1) is 12.8. The summed E-state index contributed by atoms with van der Waals surface area (Å²) in [6.45, 7) is 0. The molecule has 0 saturated heterocycles. The third kappa shape index (κ3) is 2.67. The largest absolute Gasteiger partial charge is 0.327 e. The first-order valence-corrected chi connectivity index (χ1v) is 8.00. The molecule has 1 unspecified atom stereocenters. The van der Waals surface area contributed by atoms with Crippen molar-refractivity contribution in [1.29, 1.82) is 0 Å². The molecule has 0 amide bonds. The van der Waals surface area contributed by atoms with Gasteiger partial charge >= 0.3 is 5.69 Å². The predicted molar refractivity (Wildman–Crippen MR) is 97.3 cm³/mol. The molecule has 0 aliphatic carbocycles. The number of hydrogen-bond donors (Lipinski definition) is 5. The fraction of sp³-hybridized carbons (Fsp3) is 0.0667. The number of aromatic amines is 4. The molecule has 3 heterocycles. The fourth-order valence-electron chi connectivity index (χ4n) is 3.13. The summed E-state index contributed by atoms with van der Waals surface area (Å²) in [5.74, 6) is -0.551. The number of H-pyrrole nitrogens is 4. The number of non-ortho nitro benzene ring substituents is 1. The van der Waals surface area contributed by atoms with E-state index in [0.717, 1.165) is 0 Å². The van der Waals surface area contributed by atoms with Gasteiger partial charge in [-0.25, -0.2) is 4.79 Å². The highest BCUT2D eigenvalue weighted by Crippen LogP contribution is 2.39. The molecule has 1 aromatic carbocycles. The molecule has 12 heteroatoms. The van der Waals surface area contributed by atoms with Crippen molar-refractivity contribution in [2.75, 3.05) is 5.32 Å². The lowest BCUT2D eigenvalue weighted by Crippen LogP contribution is -2.35. The maximum Gasteiger partial charge on any atom is 0.327 e. The normalized spacial score (nSPS) is 14.7. The Bertz CT molecular complexity index is 1240. The zero-order valence-electron chi connectivity index (χ0n) is 13.3. The Morgan fingerprint density at radius 1 is 0.889 bits per heavy atom. The molecule has 0 bridgehead atoms. The molecule has 0 saturated carbocycles. The molecule has 1 aliphatic heterocycles. The Balaban J connectivity index is 2.05. The highest BCUT2D eigenvalue weighted by Gasteiger charge is 2.33. The van der Waals surface area contributed by atoms with E-state index in [0.29, 0.717) is 5.56 Å². The molecule has 11 nitrogen and oxygen atoms in total. The minimum Gasteiger partial charge on any atom is -0.327 e. The SMILES string of the molecule is O=c1[nH]c2c(c(=O)[nH]1)C(c1ccc([N+](=O)[O-])cc1)c1c([nH]c(=S)[nH]c1=O)N2. The van der Waals surface area contributed by atoms with Crippen LogP contribution in [0.1, 0.15) is 22.6 Å². The van der Waals surface area contributed by atoms with Crippen molar-refractivity contribution in [3.8, 4) is 0 Å². The molecule has 2 aromatic heterocycles. The van der Waals surface area contributed by atoms with Crippen LogP contribution in [-0.2, 0) is 0 Å². The average molecular weight is 386 g/mol. The Morgan fingerprint density at radius 2 is 1.48 bits per heavy atom. The summed E-state index contributed by atoms with van der Waals surface area (Å²) in [5.41, 5.74) is -1.34. The molecule has 1 atom stereocenters. The second-order valence-corrected chi connectivity index (χ2v) is 6.21. The van der Waals surface area contributed by atoms with Crippen LogP contribution in [0.3, 0.4) is 0 Å². The first kappa shape index (κ1) is 16.7. The van der Waals surface area contributed by atoms with Crippen LogP contribution < -0.4 is 22.1 Å². The molecule has 0 fully saturated rings. The lowest BCUT2D eigenvalue weighted by atomic mass is 9.84. The Kier molecular flexibility index (Phi) is 3.63. The summed E-state index contributed by atoms with van der Waals surface area (Å²) < 4.78 is 0.0596. The van der Waals surface area contributed by atoms with Gasteiger partial charge in [0.25, 0.3) is 16.8 Å². The van der Waals surface area contributed by atoms with Crippen molar-refractivity contribution in [2.45, 2.75) is 5.92 Å². The molecular formula is C15H10N6O5S. The lowest BCUT2D eigenvalue weighted by Gasteiger charge is -2.26. The maximum absolute atomic E-state index is 12.6. The maximum atomic E-state index is 12.6. The van der Waals surface area contributed by atoms with E-state index in [1.54, 1.807) is 0 Å². The highest BCUT2D eigenvalue weighted by atomic mass is 32.1. The summed E-state index contributed by atoms with van der Waals surface area (Å²) in [5, 5.41) is 13.7. The molecule has 3 aromatic rings. The van der Waals surface area contributed by atoms with Gasteiger partial charge in [-0.2, -0.15) is 0 Å². The van der Waals surface area contributed by atoms with Crippen LogP contribution in [0.15, 0.2) is 38.6 Å². The lowest BCUT2D eigenvalue weighted by molar-refractivity contribution is -0.384. The third-order valence-corrected chi connectivity index (χ3v) is 4.43. The van der Waals surface area contributed by atoms with Gasteiger partial charge in [-0.3, -0.25) is 34.7 Å². The van der Waals surface area contributed by atoms with Crippen LogP contribution in [0.5, 0.6) is 0 Å². The Hall–Kier alpha value is -3.80. The van der Waals surface area contributed by atoms with Crippen molar-refractivity contribution in [3.05, 3.63) is 87.0 Å². The van der Waals surface area contributed by atoms with Gasteiger partial charge in [0.1, 0.15) is 11.6 Å². The molecule has 1 aliphatic rings. The summed E-state index contributed by atoms with van der Waals surface area (Å²) in [6, 6.07) is 5.45. The standard InChI is InChI=1S/C15H10N6O5S/c22-12-8-7(5-1-3-6(4-2-5)21(25)26)9-11(18-15(27)20-13(9)23)16-10(8)17-14(24)19-12/h1-4,7H,(H5,16,17,18,19,20,22,23,24,27). The second kappa shape index (κ2) is 5.88. The topological polar surface area (TPSA) is 170 Å². The molecule has 0 radical (unpaired) electrons. The van der Waals surface area contributed by atoms with Crippen LogP contribution in [0.4, 0.5) is 17.3 Å². The minimum atomic E-state index is -0.881. The van der Waals surface area contributed by atoms with Gasteiger partial charge in [0.2, 0.25) is 0 Å². The smallest absolute Gasteiger partial charge is 0.327 e. The number of nitro groups is 1. The van der Waals surface area contributed by atoms with Crippen molar-refractivity contribution in [3.63, 3.8) is 0 Å². The van der Waals surface area contributed by atoms with Crippen molar-refractivity contribution in [1.82, 2.24) is 19.9 Å². The molecular weight excluding hydrogens is 376 g/mol. The van der Waals surface area contributed by atoms with Gasteiger partial charge in [-0.1, -0.05) is 12.1 Å². The minimum absolute atomic E-state index is 0.0596. The van der Waals surface area contributed by atoms with Gasteiger partial charge in [-0.15, -0.1) is 0 Å². The Morgan fingerprint density at radius 3 is 2.11 bits per heavy atom. The highest BCUT2D eigenvalue weighted by molar-refractivity contribution is 7.71. The number of hydrogen-bond acceptors (Lipinski definition) is 7. The summed E-state index contributed by atoms with van der Waals surface area (Å²) in [7, 11) is 0. The van der Waals surface area contributed by atoms with Gasteiger partial charge in [-0.05, 0) is 17.8 Å². The van der Waals surface area contributed by atoms with E-state index in [9.17, 15) is 24.5 Å². The van der Waals surface area contributed by atoms with E-state index in [2.05, 4.69) is 25.3 Å². The van der Waals surface area contributed by atoms with E-state index in [-0.39, 0.29) is 33.2 Å². The number of benzene rings is 1.